The zero-order valence-electron chi connectivity index (χ0n) is 12.7. The molecule has 2 nitrogen and oxygen atoms in total. The Bertz CT molecular complexity index is 268. The minimum Gasteiger partial charge on any atom is -0.317 e. The van der Waals surface area contributed by atoms with Crippen LogP contribution in [0.2, 0.25) is 0 Å². The zero-order chi connectivity index (χ0) is 13.1. The lowest BCUT2D eigenvalue weighted by atomic mass is 9.81. The lowest BCUT2D eigenvalue weighted by Gasteiger charge is -2.42. The zero-order valence-corrected chi connectivity index (χ0v) is 12.7. The summed E-state index contributed by atoms with van der Waals surface area (Å²) in [6.07, 6.45) is 13.1. The van der Waals surface area contributed by atoms with Crippen molar-refractivity contribution in [3.05, 3.63) is 0 Å². The van der Waals surface area contributed by atoms with E-state index < -0.39 is 0 Å². The van der Waals surface area contributed by atoms with E-state index in [-0.39, 0.29) is 0 Å². The van der Waals surface area contributed by atoms with Gasteiger partial charge in [-0.3, -0.25) is 4.90 Å². The fourth-order valence-corrected chi connectivity index (χ4v) is 4.42. The van der Waals surface area contributed by atoms with Crippen LogP contribution in [0.25, 0.3) is 0 Å². The highest BCUT2D eigenvalue weighted by atomic mass is 15.2. The number of rotatable bonds is 5. The second-order valence-corrected chi connectivity index (χ2v) is 7.14. The normalized spacial score (nSPS) is 33.8. The third kappa shape index (κ3) is 3.52. The predicted molar refractivity (Wildman–Crippen MR) is 81.4 cm³/mol. The molecular weight excluding hydrogens is 232 g/mol. The minimum atomic E-state index is 0.932. The van der Waals surface area contributed by atoms with Gasteiger partial charge in [0.25, 0.3) is 0 Å². The van der Waals surface area contributed by atoms with Crippen molar-refractivity contribution < 1.29 is 0 Å². The fourth-order valence-electron chi connectivity index (χ4n) is 4.42. The van der Waals surface area contributed by atoms with Crippen LogP contribution in [0.3, 0.4) is 0 Å². The lowest BCUT2D eigenvalue weighted by Crippen LogP contribution is -2.47. The Kier molecular flexibility index (Phi) is 4.81. The summed E-state index contributed by atoms with van der Waals surface area (Å²) in [4.78, 5) is 2.98. The maximum Gasteiger partial charge on any atom is 0.0126 e. The Labute approximate surface area is 119 Å². The van der Waals surface area contributed by atoms with E-state index >= 15 is 0 Å². The summed E-state index contributed by atoms with van der Waals surface area (Å²) >= 11 is 0. The molecule has 0 bridgehead atoms. The van der Waals surface area contributed by atoms with Gasteiger partial charge in [-0.15, -0.1) is 0 Å². The first-order chi connectivity index (χ1) is 9.38. The van der Waals surface area contributed by atoms with Gasteiger partial charge in [-0.1, -0.05) is 26.2 Å². The van der Waals surface area contributed by atoms with Gasteiger partial charge in [0, 0.05) is 18.6 Å². The van der Waals surface area contributed by atoms with Gasteiger partial charge < -0.3 is 5.32 Å². The van der Waals surface area contributed by atoms with Gasteiger partial charge in [-0.05, 0) is 63.5 Å². The number of hydrogen-bond acceptors (Lipinski definition) is 2. The highest BCUT2D eigenvalue weighted by Gasteiger charge is 2.38. The molecule has 110 valence electrons. The summed E-state index contributed by atoms with van der Waals surface area (Å²) in [5.74, 6) is 1.97. The molecular formula is C17H32N2. The van der Waals surface area contributed by atoms with E-state index in [0.29, 0.717) is 0 Å². The van der Waals surface area contributed by atoms with Gasteiger partial charge in [0.05, 0.1) is 0 Å². The summed E-state index contributed by atoms with van der Waals surface area (Å²) in [6.45, 7) is 6.34. The first-order valence-corrected chi connectivity index (χ1v) is 8.85. The van der Waals surface area contributed by atoms with E-state index in [2.05, 4.69) is 17.1 Å². The van der Waals surface area contributed by atoms with Crippen LogP contribution in [-0.4, -0.2) is 36.6 Å². The van der Waals surface area contributed by atoms with Gasteiger partial charge in [-0.2, -0.15) is 0 Å². The van der Waals surface area contributed by atoms with Crippen molar-refractivity contribution in [1.29, 1.82) is 0 Å². The average molecular weight is 264 g/mol. The molecule has 3 fully saturated rings. The molecule has 1 saturated heterocycles. The Balaban J connectivity index is 1.61. The molecule has 0 aromatic rings. The second kappa shape index (κ2) is 6.58. The molecule has 1 aliphatic heterocycles. The minimum absolute atomic E-state index is 0.932. The van der Waals surface area contributed by atoms with Crippen molar-refractivity contribution in [3.63, 3.8) is 0 Å². The van der Waals surface area contributed by atoms with Crippen molar-refractivity contribution in [1.82, 2.24) is 10.2 Å². The van der Waals surface area contributed by atoms with Crippen LogP contribution in [0, 0.1) is 11.8 Å². The SMILES string of the molecule is CCC1CCCCC1N(CC1CCNCC1)C1CC1. The lowest BCUT2D eigenvalue weighted by molar-refractivity contribution is 0.0718. The van der Waals surface area contributed by atoms with E-state index in [1.54, 1.807) is 0 Å². The third-order valence-electron chi connectivity index (χ3n) is 5.76. The molecule has 1 N–H and O–H groups in total. The number of piperidine rings is 1. The quantitative estimate of drug-likeness (QED) is 0.818. The molecule has 3 rings (SSSR count). The van der Waals surface area contributed by atoms with Gasteiger partial charge in [0.15, 0.2) is 0 Å². The summed E-state index contributed by atoms with van der Waals surface area (Å²) < 4.78 is 0. The van der Waals surface area contributed by atoms with Crippen molar-refractivity contribution in [2.24, 2.45) is 11.8 Å². The maximum atomic E-state index is 3.51. The molecule has 0 spiro atoms. The van der Waals surface area contributed by atoms with Gasteiger partial charge in [0.2, 0.25) is 0 Å². The topological polar surface area (TPSA) is 15.3 Å². The maximum absolute atomic E-state index is 3.51. The van der Waals surface area contributed by atoms with Crippen LogP contribution in [-0.2, 0) is 0 Å². The standard InChI is InChI=1S/C17H32N2/c1-2-15-5-3-4-6-17(15)19(16-7-8-16)13-14-9-11-18-12-10-14/h14-18H,2-13H2,1H3. The van der Waals surface area contributed by atoms with Crippen LogP contribution in [0.15, 0.2) is 0 Å². The van der Waals surface area contributed by atoms with Crippen molar-refractivity contribution in [2.75, 3.05) is 19.6 Å². The molecule has 1 heterocycles. The molecule has 0 radical (unpaired) electrons. The average Bonchev–Trinajstić information content (AvgIpc) is 3.30. The van der Waals surface area contributed by atoms with Gasteiger partial charge in [-0.25, -0.2) is 0 Å². The monoisotopic (exact) mass is 264 g/mol. The van der Waals surface area contributed by atoms with Crippen molar-refractivity contribution in [3.8, 4) is 0 Å². The number of nitrogens with one attached hydrogen (secondary N) is 1. The van der Waals surface area contributed by atoms with Gasteiger partial charge in [0.1, 0.15) is 0 Å². The molecule has 19 heavy (non-hydrogen) atoms. The Morgan fingerprint density at radius 1 is 0.947 bits per heavy atom. The molecule has 3 aliphatic rings. The molecule has 0 aromatic carbocycles. The predicted octanol–water partition coefficient (Wildman–Crippen LogP) is 3.42. The molecule has 2 saturated carbocycles. The van der Waals surface area contributed by atoms with Gasteiger partial charge >= 0.3 is 0 Å². The van der Waals surface area contributed by atoms with Crippen LogP contribution < -0.4 is 5.32 Å². The highest BCUT2D eigenvalue weighted by Crippen LogP contribution is 2.38. The molecule has 2 aliphatic carbocycles. The second-order valence-electron chi connectivity index (χ2n) is 7.14. The van der Waals surface area contributed by atoms with E-state index in [1.165, 1.54) is 77.4 Å². The molecule has 2 atom stereocenters. The van der Waals surface area contributed by atoms with Crippen molar-refractivity contribution >= 4 is 0 Å². The first kappa shape index (κ1) is 13.9. The number of hydrogen-bond donors (Lipinski definition) is 1. The first-order valence-electron chi connectivity index (χ1n) is 8.85. The molecule has 0 amide bonds. The number of nitrogens with zero attached hydrogens (tertiary/aromatic N) is 1. The Morgan fingerprint density at radius 3 is 2.37 bits per heavy atom. The van der Waals surface area contributed by atoms with Crippen LogP contribution in [0.5, 0.6) is 0 Å². The molecule has 2 unspecified atom stereocenters. The van der Waals surface area contributed by atoms with E-state index in [9.17, 15) is 0 Å². The van der Waals surface area contributed by atoms with Crippen LogP contribution in [0.1, 0.15) is 64.7 Å². The largest absolute Gasteiger partial charge is 0.317 e. The van der Waals surface area contributed by atoms with E-state index in [0.717, 1.165) is 23.9 Å². The van der Waals surface area contributed by atoms with Crippen LogP contribution >= 0.6 is 0 Å². The Morgan fingerprint density at radius 2 is 1.68 bits per heavy atom. The Hall–Kier alpha value is -0.0800. The summed E-state index contributed by atoms with van der Waals surface area (Å²) in [6, 6.07) is 1.90. The highest BCUT2D eigenvalue weighted by molar-refractivity contribution is 4.93. The van der Waals surface area contributed by atoms with E-state index in [1.807, 2.05) is 0 Å². The van der Waals surface area contributed by atoms with E-state index in [4.69, 9.17) is 0 Å². The summed E-state index contributed by atoms with van der Waals surface area (Å²) in [7, 11) is 0. The van der Waals surface area contributed by atoms with Crippen LogP contribution in [0.4, 0.5) is 0 Å². The smallest absolute Gasteiger partial charge is 0.0126 e. The molecule has 2 heteroatoms. The fraction of sp³-hybridized carbons (Fsp3) is 1.00. The third-order valence-corrected chi connectivity index (χ3v) is 5.76. The summed E-state index contributed by atoms with van der Waals surface area (Å²) in [5.41, 5.74) is 0. The summed E-state index contributed by atoms with van der Waals surface area (Å²) in [5, 5.41) is 3.51. The van der Waals surface area contributed by atoms with Crippen molar-refractivity contribution in [2.45, 2.75) is 76.8 Å². The molecule has 0 aromatic heterocycles.